The van der Waals surface area contributed by atoms with Crippen molar-refractivity contribution in [3.8, 4) is 0 Å². The SMILES string of the molecule is C/C=C\C(=C/CC)NC(=O)c1c(C)ccc([N+](=O)[O-])c1Cl. The Morgan fingerprint density at radius 1 is 1.48 bits per heavy atom. The van der Waals surface area contributed by atoms with Crippen LogP contribution in [0, 0.1) is 17.0 Å². The molecule has 1 rings (SSSR count). The van der Waals surface area contributed by atoms with E-state index in [0.29, 0.717) is 11.3 Å². The number of hydrogen-bond donors (Lipinski definition) is 1. The fourth-order valence-electron chi connectivity index (χ4n) is 1.84. The highest BCUT2D eigenvalue weighted by Crippen LogP contribution is 2.30. The summed E-state index contributed by atoms with van der Waals surface area (Å²) >= 11 is 6.00. The number of allylic oxidation sites excluding steroid dienone is 3. The molecule has 0 spiro atoms. The number of nitro benzene ring substituents is 1. The van der Waals surface area contributed by atoms with Gasteiger partial charge in [0, 0.05) is 11.8 Å². The first-order valence-corrected chi connectivity index (χ1v) is 6.87. The largest absolute Gasteiger partial charge is 0.322 e. The van der Waals surface area contributed by atoms with E-state index in [4.69, 9.17) is 11.6 Å². The smallest absolute Gasteiger partial charge is 0.288 e. The fourth-order valence-corrected chi connectivity index (χ4v) is 2.20. The minimum absolute atomic E-state index is 0.123. The topological polar surface area (TPSA) is 72.2 Å². The molecule has 1 amide bonds. The second-order valence-electron chi connectivity index (χ2n) is 4.37. The van der Waals surface area contributed by atoms with Crippen LogP contribution >= 0.6 is 11.6 Å². The zero-order valence-corrected chi connectivity index (χ0v) is 12.9. The molecule has 0 unspecified atom stereocenters. The lowest BCUT2D eigenvalue weighted by Crippen LogP contribution is -2.23. The van der Waals surface area contributed by atoms with Crippen molar-refractivity contribution in [1.82, 2.24) is 5.32 Å². The van der Waals surface area contributed by atoms with Crippen LogP contribution in [0.2, 0.25) is 5.02 Å². The van der Waals surface area contributed by atoms with Crippen LogP contribution in [0.25, 0.3) is 0 Å². The van der Waals surface area contributed by atoms with Crippen molar-refractivity contribution in [2.75, 3.05) is 0 Å². The van der Waals surface area contributed by atoms with Crippen molar-refractivity contribution in [2.45, 2.75) is 27.2 Å². The number of nitro groups is 1. The van der Waals surface area contributed by atoms with Gasteiger partial charge < -0.3 is 5.32 Å². The van der Waals surface area contributed by atoms with Gasteiger partial charge in [-0.15, -0.1) is 0 Å². The van der Waals surface area contributed by atoms with Crippen molar-refractivity contribution in [3.63, 3.8) is 0 Å². The van der Waals surface area contributed by atoms with Crippen molar-refractivity contribution in [3.05, 3.63) is 62.3 Å². The summed E-state index contributed by atoms with van der Waals surface area (Å²) < 4.78 is 0. The molecule has 0 radical (unpaired) electrons. The lowest BCUT2D eigenvalue weighted by molar-refractivity contribution is -0.384. The molecule has 112 valence electrons. The summed E-state index contributed by atoms with van der Waals surface area (Å²) in [6, 6.07) is 2.81. The molecular weight excluding hydrogens is 292 g/mol. The number of carbonyl (C=O) groups excluding carboxylic acids is 1. The molecule has 0 aliphatic rings. The minimum atomic E-state index is -0.604. The molecule has 1 aromatic rings. The monoisotopic (exact) mass is 308 g/mol. The second kappa shape index (κ2) is 7.59. The normalized spacial score (nSPS) is 11.7. The van der Waals surface area contributed by atoms with Gasteiger partial charge >= 0.3 is 0 Å². The summed E-state index contributed by atoms with van der Waals surface area (Å²) in [5.74, 6) is -0.459. The van der Waals surface area contributed by atoms with Gasteiger partial charge in [0.2, 0.25) is 0 Å². The Morgan fingerprint density at radius 2 is 2.14 bits per heavy atom. The summed E-state index contributed by atoms with van der Waals surface area (Å²) in [6.07, 6.45) is 6.14. The summed E-state index contributed by atoms with van der Waals surface area (Å²) in [4.78, 5) is 22.6. The van der Waals surface area contributed by atoms with Gasteiger partial charge in [0.15, 0.2) is 0 Å². The Kier molecular flexibility index (Phi) is 6.11. The molecule has 0 saturated heterocycles. The molecule has 21 heavy (non-hydrogen) atoms. The van der Waals surface area contributed by atoms with E-state index in [1.165, 1.54) is 12.1 Å². The quantitative estimate of drug-likeness (QED) is 0.504. The first-order valence-electron chi connectivity index (χ1n) is 6.50. The number of hydrogen-bond acceptors (Lipinski definition) is 3. The predicted molar refractivity (Wildman–Crippen MR) is 83.5 cm³/mol. The number of carbonyl (C=O) groups is 1. The molecule has 0 aliphatic carbocycles. The lowest BCUT2D eigenvalue weighted by atomic mass is 10.1. The van der Waals surface area contributed by atoms with Gasteiger partial charge in [-0.25, -0.2) is 0 Å². The number of benzene rings is 1. The first kappa shape index (κ1) is 16.9. The number of nitrogens with zero attached hydrogens (tertiary/aromatic N) is 1. The minimum Gasteiger partial charge on any atom is -0.322 e. The Balaban J connectivity index is 3.21. The van der Waals surface area contributed by atoms with E-state index in [1.54, 1.807) is 19.1 Å². The average Bonchev–Trinajstić information content (AvgIpc) is 2.38. The molecule has 0 fully saturated rings. The molecule has 0 saturated carbocycles. The third kappa shape index (κ3) is 4.16. The zero-order valence-electron chi connectivity index (χ0n) is 12.1. The maximum atomic E-state index is 12.3. The molecule has 1 aromatic carbocycles. The summed E-state index contributed by atoms with van der Waals surface area (Å²) in [6.45, 7) is 5.46. The molecule has 5 nitrogen and oxygen atoms in total. The van der Waals surface area contributed by atoms with Crippen molar-refractivity contribution in [2.24, 2.45) is 0 Å². The number of nitrogens with one attached hydrogen (secondary N) is 1. The standard InChI is InChI=1S/C15H17ClN2O3/c1-4-6-11(7-5-2)17-15(19)13-10(3)8-9-12(14(13)16)18(20)21/h4,6-9H,5H2,1-3H3,(H,17,19)/b6-4-,11-7+. The van der Waals surface area contributed by atoms with Crippen LogP contribution < -0.4 is 5.32 Å². The van der Waals surface area contributed by atoms with Gasteiger partial charge in [0.25, 0.3) is 11.6 Å². The Bertz CT molecular complexity index is 622. The van der Waals surface area contributed by atoms with Crippen molar-refractivity contribution < 1.29 is 9.72 Å². The second-order valence-corrected chi connectivity index (χ2v) is 4.75. The van der Waals surface area contributed by atoms with Crippen LogP contribution in [0.3, 0.4) is 0 Å². The van der Waals surface area contributed by atoms with Gasteiger partial charge in [-0.1, -0.05) is 36.7 Å². The van der Waals surface area contributed by atoms with E-state index in [0.717, 1.165) is 6.42 Å². The molecule has 0 aromatic heterocycles. The van der Waals surface area contributed by atoms with Gasteiger partial charge in [0.1, 0.15) is 5.02 Å². The van der Waals surface area contributed by atoms with Gasteiger partial charge in [-0.05, 0) is 31.9 Å². The van der Waals surface area contributed by atoms with Crippen molar-refractivity contribution >= 4 is 23.2 Å². The zero-order chi connectivity index (χ0) is 16.0. The van der Waals surface area contributed by atoms with E-state index >= 15 is 0 Å². The van der Waals surface area contributed by atoms with Gasteiger partial charge in [0.05, 0.1) is 10.5 Å². The first-order chi connectivity index (χ1) is 9.92. The predicted octanol–water partition coefficient (Wildman–Crippen LogP) is 4.16. The molecule has 0 aliphatic heterocycles. The molecule has 0 heterocycles. The molecule has 0 bridgehead atoms. The third-order valence-corrected chi connectivity index (χ3v) is 3.16. The molecule has 0 atom stereocenters. The Labute approximate surface area is 128 Å². The van der Waals surface area contributed by atoms with Crippen LogP contribution in [0.4, 0.5) is 5.69 Å². The highest BCUT2D eigenvalue weighted by atomic mass is 35.5. The molecular formula is C15H17ClN2O3. The van der Waals surface area contributed by atoms with E-state index in [9.17, 15) is 14.9 Å². The summed E-state index contributed by atoms with van der Waals surface area (Å²) in [7, 11) is 0. The number of halogens is 1. The van der Waals surface area contributed by atoms with Crippen LogP contribution in [0.5, 0.6) is 0 Å². The number of rotatable bonds is 5. The van der Waals surface area contributed by atoms with E-state index in [2.05, 4.69) is 5.32 Å². The van der Waals surface area contributed by atoms with Crippen LogP contribution in [0.1, 0.15) is 36.2 Å². The highest BCUT2D eigenvalue weighted by molar-refractivity contribution is 6.36. The number of amides is 1. The lowest BCUT2D eigenvalue weighted by Gasteiger charge is -2.10. The van der Waals surface area contributed by atoms with Gasteiger partial charge in [-0.2, -0.15) is 0 Å². The maximum Gasteiger partial charge on any atom is 0.288 e. The third-order valence-electron chi connectivity index (χ3n) is 2.78. The van der Waals surface area contributed by atoms with Crippen molar-refractivity contribution in [1.29, 1.82) is 0 Å². The van der Waals surface area contributed by atoms with Crippen LogP contribution in [-0.2, 0) is 0 Å². The van der Waals surface area contributed by atoms with E-state index in [1.807, 2.05) is 19.9 Å². The van der Waals surface area contributed by atoms with Gasteiger partial charge in [-0.3, -0.25) is 14.9 Å². The van der Waals surface area contributed by atoms with Crippen LogP contribution in [-0.4, -0.2) is 10.8 Å². The van der Waals surface area contributed by atoms with E-state index in [-0.39, 0.29) is 16.3 Å². The maximum absolute atomic E-state index is 12.3. The fraction of sp³-hybridized carbons (Fsp3) is 0.267. The Morgan fingerprint density at radius 3 is 2.67 bits per heavy atom. The summed E-state index contributed by atoms with van der Waals surface area (Å²) in [5.41, 5.74) is 1.06. The molecule has 1 N–H and O–H groups in total. The van der Waals surface area contributed by atoms with E-state index < -0.39 is 10.8 Å². The summed E-state index contributed by atoms with van der Waals surface area (Å²) in [5, 5.41) is 13.5. The van der Waals surface area contributed by atoms with Crippen LogP contribution in [0.15, 0.2) is 36.1 Å². The number of aryl methyl sites for hydroxylation is 1. The highest BCUT2D eigenvalue weighted by Gasteiger charge is 2.22. The molecule has 6 heteroatoms. The Hall–Kier alpha value is -2.14. The average molecular weight is 309 g/mol.